The van der Waals surface area contributed by atoms with Crippen LogP contribution >= 0.6 is 0 Å². The van der Waals surface area contributed by atoms with Crippen molar-refractivity contribution in [3.63, 3.8) is 0 Å². The largest absolute Gasteiger partial charge is 0.496 e. The fourth-order valence-electron chi connectivity index (χ4n) is 10.3. The van der Waals surface area contributed by atoms with Crippen molar-refractivity contribution in [3.05, 3.63) is 70.9 Å². The van der Waals surface area contributed by atoms with Crippen molar-refractivity contribution in [2.45, 2.75) is 75.9 Å². The number of methoxy groups -OCH3 is 1. The molecule has 50 heavy (non-hydrogen) atoms. The Morgan fingerprint density at radius 3 is 2.50 bits per heavy atom. The first kappa shape index (κ1) is 32.8. The number of hydrogen-bond acceptors (Lipinski definition) is 6. The van der Waals surface area contributed by atoms with Crippen molar-refractivity contribution in [2.24, 2.45) is 17.3 Å². The normalized spacial score (nSPS) is 30.3. The van der Waals surface area contributed by atoms with Gasteiger partial charge in [-0.15, -0.1) is 6.42 Å². The molecular formula is C41H46N4O5. The Bertz CT molecular complexity index is 1910. The van der Waals surface area contributed by atoms with E-state index in [0.29, 0.717) is 80.3 Å². The van der Waals surface area contributed by atoms with Crippen molar-refractivity contribution in [1.29, 1.82) is 0 Å². The summed E-state index contributed by atoms with van der Waals surface area (Å²) in [7, 11) is 1.62. The molecule has 0 unspecified atom stereocenters. The van der Waals surface area contributed by atoms with Gasteiger partial charge in [0.05, 0.1) is 18.2 Å². The molecule has 6 atom stereocenters. The molecule has 1 N–H and O–H groups in total. The molecule has 1 aromatic heterocycles. The van der Waals surface area contributed by atoms with Gasteiger partial charge in [0.25, 0.3) is 11.8 Å². The molecule has 0 radical (unpaired) electrons. The van der Waals surface area contributed by atoms with Crippen LogP contribution in [0, 0.1) is 29.6 Å². The standard InChI is InChI=1S/C41H46N4O5/c1-4-41(49)18-16-32-29-13-11-27-24-36(50-3)31(25-30(27)28(29)15-17-40(32,41)2)37(46)43-20-22-44(23-21-43)39(48)35-10-7-19-45(35)38(47)34-14-12-26-8-5-6-9-33(26)42-34/h1,5-6,8-9,12,14,24-25,28-29,32,35,49H,7,10-11,13,15-23H2,2-3H3/t28-,29+,32-,35-,40-,41+/m0/s1. The van der Waals surface area contributed by atoms with Gasteiger partial charge in [-0.25, -0.2) is 4.98 Å². The summed E-state index contributed by atoms with van der Waals surface area (Å²) in [4.78, 5) is 51.4. The Balaban J connectivity index is 0.954. The molecule has 8 rings (SSSR count). The van der Waals surface area contributed by atoms with Gasteiger partial charge in [-0.1, -0.05) is 37.1 Å². The molecule has 2 saturated heterocycles. The Morgan fingerprint density at radius 1 is 0.940 bits per heavy atom. The highest BCUT2D eigenvalue weighted by Crippen LogP contribution is 2.64. The van der Waals surface area contributed by atoms with Gasteiger partial charge in [-0.2, -0.15) is 0 Å². The lowest BCUT2D eigenvalue weighted by atomic mass is 9.53. The number of aliphatic hydroxyl groups is 1. The molecule has 3 heterocycles. The predicted molar refractivity (Wildman–Crippen MR) is 190 cm³/mol. The number of aromatic nitrogens is 1. The van der Waals surface area contributed by atoms with Gasteiger partial charge in [0.2, 0.25) is 5.91 Å². The van der Waals surface area contributed by atoms with Crippen LogP contribution in [-0.2, 0) is 11.2 Å². The molecule has 5 aliphatic rings. The van der Waals surface area contributed by atoms with Crippen molar-refractivity contribution < 1.29 is 24.2 Å². The van der Waals surface area contributed by atoms with Crippen LogP contribution in [0.15, 0.2) is 48.5 Å². The Morgan fingerprint density at radius 2 is 1.72 bits per heavy atom. The van der Waals surface area contributed by atoms with Gasteiger partial charge in [-0.05, 0) is 105 Å². The van der Waals surface area contributed by atoms with Crippen LogP contribution < -0.4 is 4.74 Å². The van der Waals surface area contributed by atoms with E-state index in [-0.39, 0.29) is 23.1 Å². The first-order valence-electron chi connectivity index (χ1n) is 18.3. The van der Waals surface area contributed by atoms with E-state index in [9.17, 15) is 19.5 Å². The smallest absolute Gasteiger partial charge is 0.273 e. The summed E-state index contributed by atoms with van der Waals surface area (Å²) in [5.74, 6) is 4.10. The number of terminal acetylenes is 1. The summed E-state index contributed by atoms with van der Waals surface area (Å²) in [6.07, 6.45) is 12.6. The molecule has 2 aromatic carbocycles. The number of carbonyl (C=O) groups excluding carboxylic acids is 3. The molecule has 2 aliphatic heterocycles. The summed E-state index contributed by atoms with van der Waals surface area (Å²) in [6, 6.07) is 14.9. The molecule has 2 saturated carbocycles. The lowest BCUT2D eigenvalue weighted by molar-refractivity contribution is -0.136. The van der Waals surface area contributed by atoms with E-state index >= 15 is 0 Å². The van der Waals surface area contributed by atoms with Crippen LogP contribution in [0.5, 0.6) is 5.75 Å². The minimum absolute atomic E-state index is 0.0610. The van der Waals surface area contributed by atoms with Gasteiger partial charge >= 0.3 is 0 Å². The second-order valence-corrected chi connectivity index (χ2v) is 15.3. The summed E-state index contributed by atoms with van der Waals surface area (Å²) in [5, 5.41) is 12.3. The molecule has 260 valence electrons. The highest BCUT2D eigenvalue weighted by atomic mass is 16.5. The number of para-hydroxylation sites is 1. The van der Waals surface area contributed by atoms with Crippen LogP contribution in [-0.4, -0.2) is 94.0 Å². The number of likely N-dealkylation sites (tertiary alicyclic amines) is 1. The highest BCUT2D eigenvalue weighted by molar-refractivity contribution is 5.99. The Labute approximate surface area is 294 Å². The van der Waals surface area contributed by atoms with Gasteiger partial charge in [-0.3, -0.25) is 14.4 Å². The van der Waals surface area contributed by atoms with Crippen molar-refractivity contribution in [3.8, 4) is 18.1 Å². The van der Waals surface area contributed by atoms with E-state index < -0.39 is 11.6 Å². The predicted octanol–water partition coefficient (Wildman–Crippen LogP) is 5.05. The topological polar surface area (TPSA) is 103 Å². The van der Waals surface area contributed by atoms with E-state index in [1.165, 1.54) is 11.1 Å². The zero-order valence-electron chi connectivity index (χ0n) is 29.1. The number of hydrogen-bond donors (Lipinski definition) is 1. The average molecular weight is 675 g/mol. The third-order valence-electron chi connectivity index (χ3n) is 13.2. The number of aryl methyl sites for hydroxylation is 1. The summed E-state index contributed by atoms with van der Waals surface area (Å²) in [5.41, 5.74) is 2.84. The third kappa shape index (κ3) is 5.09. The fraction of sp³-hybridized carbons (Fsp3) is 0.512. The summed E-state index contributed by atoms with van der Waals surface area (Å²) in [6.45, 7) is 4.35. The lowest BCUT2D eigenvalue weighted by Gasteiger charge is -2.52. The van der Waals surface area contributed by atoms with E-state index in [2.05, 4.69) is 30.0 Å². The average Bonchev–Trinajstić information content (AvgIpc) is 3.75. The van der Waals surface area contributed by atoms with Crippen LogP contribution in [0.4, 0.5) is 0 Å². The molecule has 3 aliphatic carbocycles. The number of carbonyl (C=O) groups is 3. The van der Waals surface area contributed by atoms with Crippen LogP contribution in [0.1, 0.15) is 89.8 Å². The maximum Gasteiger partial charge on any atom is 0.273 e. The van der Waals surface area contributed by atoms with Crippen molar-refractivity contribution in [1.82, 2.24) is 19.7 Å². The van der Waals surface area contributed by atoms with E-state index in [1.54, 1.807) is 23.0 Å². The van der Waals surface area contributed by atoms with E-state index in [4.69, 9.17) is 11.2 Å². The highest BCUT2D eigenvalue weighted by Gasteiger charge is 2.61. The maximum absolute atomic E-state index is 14.1. The van der Waals surface area contributed by atoms with E-state index in [1.807, 2.05) is 35.2 Å². The minimum atomic E-state index is -1.05. The number of fused-ring (bicyclic) bond motifs is 6. The Kier molecular flexibility index (Phi) is 8.14. The molecule has 0 bridgehead atoms. The van der Waals surface area contributed by atoms with Gasteiger partial charge < -0.3 is 24.5 Å². The molecule has 4 fully saturated rings. The first-order chi connectivity index (χ1) is 24.2. The number of benzene rings is 2. The molecular weight excluding hydrogens is 628 g/mol. The number of rotatable bonds is 4. The van der Waals surface area contributed by atoms with Gasteiger partial charge in [0.15, 0.2) is 0 Å². The van der Waals surface area contributed by atoms with Gasteiger partial charge in [0.1, 0.15) is 23.1 Å². The number of nitrogens with zero attached hydrogens (tertiary/aromatic N) is 4. The SMILES string of the molecule is C#C[C@@]1(O)CC[C@H]2[C@@H]3CCc4cc(OC)c(C(=O)N5CCN(C(=O)[C@@H]6CCCN6C(=O)c6ccc7ccccc7n6)CC5)cc4[C@H]3CC[C@@]21C. The minimum Gasteiger partial charge on any atom is -0.496 e. The molecule has 9 heteroatoms. The fourth-order valence-corrected chi connectivity index (χ4v) is 10.3. The van der Waals surface area contributed by atoms with Crippen LogP contribution in [0.25, 0.3) is 10.9 Å². The molecule has 0 spiro atoms. The third-order valence-corrected chi connectivity index (χ3v) is 13.2. The lowest BCUT2D eigenvalue weighted by Crippen LogP contribution is -2.55. The monoisotopic (exact) mass is 674 g/mol. The van der Waals surface area contributed by atoms with E-state index in [0.717, 1.165) is 49.4 Å². The second kappa shape index (κ2) is 12.4. The zero-order valence-corrected chi connectivity index (χ0v) is 29.1. The summed E-state index contributed by atoms with van der Waals surface area (Å²) < 4.78 is 5.80. The number of ether oxygens (including phenoxy) is 1. The number of amides is 3. The number of pyridine rings is 1. The van der Waals surface area contributed by atoms with Gasteiger partial charge in [0, 0.05) is 43.5 Å². The maximum atomic E-state index is 14.1. The van der Waals surface area contributed by atoms with Crippen LogP contribution in [0.3, 0.4) is 0 Å². The molecule has 3 amide bonds. The zero-order chi connectivity index (χ0) is 34.8. The van der Waals surface area contributed by atoms with Crippen LogP contribution in [0.2, 0.25) is 0 Å². The molecule has 9 nitrogen and oxygen atoms in total. The summed E-state index contributed by atoms with van der Waals surface area (Å²) >= 11 is 0. The molecule has 3 aromatic rings. The number of piperazine rings is 1. The first-order valence-corrected chi connectivity index (χ1v) is 18.3. The quantitative estimate of drug-likeness (QED) is 0.389. The van der Waals surface area contributed by atoms with Crippen molar-refractivity contribution >= 4 is 28.6 Å². The second-order valence-electron chi connectivity index (χ2n) is 15.3. The Hall–Kier alpha value is -4.42. The van der Waals surface area contributed by atoms with Crippen molar-refractivity contribution in [2.75, 3.05) is 39.8 Å².